The van der Waals surface area contributed by atoms with Crippen molar-refractivity contribution < 1.29 is 4.66 Å². The van der Waals surface area contributed by atoms with Crippen molar-refractivity contribution in [3.63, 3.8) is 0 Å². The van der Waals surface area contributed by atoms with Crippen molar-refractivity contribution in [1.29, 1.82) is 0 Å². The van der Waals surface area contributed by atoms with Crippen molar-refractivity contribution in [3.8, 4) is 0 Å². The van der Waals surface area contributed by atoms with Crippen LogP contribution in [0.15, 0.2) is 12.4 Å². The molecule has 0 atom stereocenters. The Kier molecular flexibility index (Phi) is 0.506. The lowest BCUT2D eigenvalue weighted by molar-refractivity contribution is -0.622. The fourth-order valence-corrected chi connectivity index (χ4v) is 0.247. The highest BCUT2D eigenvalue weighted by Crippen LogP contribution is 1.51. The third kappa shape index (κ3) is 0.314. The maximum atomic E-state index is 9.88. The van der Waals surface area contributed by atoms with Crippen LogP contribution >= 0.6 is 0 Å². The molecular weight excluding hydrogens is 82.0 g/mol. The van der Waals surface area contributed by atoms with Gasteiger partial charge >= 0.3 is 0 Å². The molecule has 0 aliphatic rings. The van der Waals surface area contributed by atoms with Gasteiger partial charge in [0.1, 0.15) is 0 Å². The molecule has 0 aliphatic heterocycles. The van der Waals surface area contributed by atoms with Gasteiger partial charge in [0.25, 0.3) is 4.66 Å². The molecule has 2 N–H and O–H groups in total. The summed E-state index contributed by atoms with van der Waals surface area (Å²) in [5, 5.41) is 4.61. The standard InChI is InChI=1S/C2H4N3O/c6-5-3-1-2-4-5/h1-2H,(H2,3,4,6)/q+1. The fourth-order valence-electron chi connectivity index (χ4n) is 0.247. The summed E-state index contributed by atoms with van der Waals surface area (Å²) in [5.41, 5.74) is 0. The van der Waals surface area contributed by atoms with E-state index in [0.29, 0.717) is 4.66 Å². The summed E-state index contributed by atoms with van der Waals surface area (Å²) in [6.07, 6.45) is 3.01. The van der Waals surface area contributed by atoms with E-state index in [0.717, 1.165) is 0 Å². The Morgan fingerprint density at radius 1 is 1.33 bits per heavy atom. The average Bonchev–Trinajstić information content (AvgIpc) is 1.86. The molecule has 0 bridgehead atoms. The largest absolute Gasteiger partial charge is 0.254 e. The lowest BCUT2D eigenvalue weighted by atomic mass is 11.0. The van der Waals surface area contributed by atoms with Gasteiger partial charge in [-0.25, -0.2) is 0 Å². The molecule has 1 aromatic heterocycles. The summed E-state index contributed by atoms with van der Waals surface area (Å²) in [6, 6.07) is 0. The van der Waals surface area contributed by atoms with Gasteiger partial charge in [0, 0.05) is 0 Å². The number of hydrogen-bond donors (Lipinski definition) is 2. The van der Waals surface area contributed by atoms with Crippen LogP contribution in [0.4, 0.5) is 0 Å². The lowest BCUT2D eigenvalue weighted by Gasteiger charge is -1.40. The highest BCUT2D eigenvalue weighted by Gasteiger charge is 1.77. The normalized spacial score (nSPS) is 8.67. The Bertz CT molecular complexity index is 147. The minimum atomic E-state index is 0.500. The summed E-state index contributed by atoms with van der Waals surface area (Å²) in [6.45, 7) is 0. The van der Waals surface area contributed by atoms with Crippen LogP contribution < -0.4 is 4.66 Å². The summed E-state index contributed by atoms with van der Waals surface area (Å²) in [5.74, 6) is 0. The molecule has 6 heavy (non-hydrogen) atoms. The molecule has 1 rings (SSSR count). The molecule has 0 saturated heterocycles. The summed E-state index contributed by atoms with van der Waals surface area (Å²) >= 11 is 0. The van der Waals surface area contributed by atoms with Gasteiger partial charge in [0.15, 0.2) is 0 Å². The van der Waals surface area contributed by atoms with Crippen molar-refractivity contribution in [1.82, 2.24) is 10.2 Å². The van der Waals surface area contributed by atoms with Crippen molar-refractivity contribution in [2.24, 2.45) is 0 Å². The molecule has 0 unspecified atom stereocenters. The van der Waals surface area contributed by atoms with Crippen LogP contribution in [-0.4, -0.2) is 10.2 Å². The Hall–Kier alpha value is -1.06. The highest BCUT2D eigenvalue weighted by molar-refractivity contribution is 4.51. The van der Waals surface area contributed by atoms with Crippen molar-refractivity contribution in [2.45, 2.75) is 0 Å². The number of hydrogen-bond acceptors (Lipinski definition) is 1. The van der Waals surface area contributed by atoms with E-state index >= 15 is 0 Å². The third-order valence-electron chi connectivity index (χ3n) is 0.467. The predicted octanol–water partition coefficient (Wildman–Crippen LogP) is -0.743. The summed E-state index contributed by atoms with van der Waals surface area (Å²) in [4.78, 5) is 9.88. The Morgan fingerprint density at radius 3 is 2.00 bits per heavy atom. The van der Waals surface area contributed by atoms with Gasteiger partial charge in [0.2, 0.25) is 0 Å². The van der Waals surface area contributed by atoms with E-state index in [1.807, 2.05) is 0 Å². The molecule has 0 fully saturated rings. The van der Waals surface area contributed by atoms with Gasteiger partial charge in [-0.2, -0.15) is 0 Å². The van der Waals surface area contributed by atoms with Gasteiger partial charge in [-0.05, 0) is 0 Å². The van der Waals surface area contributed by atoms with E-state index in [4.69, 9.17) is 0 Å². The van der Waals surface area contributed by atoms with Crippen molar-refractivity contribution in [2.75, 3.05) is 0 Å². The molecule has 0 amide bonds. The van der Waals surface area contributed by atoms with E-state index in [1.165, 1.54) is 12.4 Å². The Labute approximate surface area is 33.4 Å². The lowest BCUT2D eigenvalue weighted by Crippen LogP contribution is -2.16. The average molecular weight is 86.1 g/mol. The fraction of sp³-hybridized carbons (Fsp3) is 0. The molecule has 0 saturated carbocycles. The maximum Gasteiger partial charge on any atom is 0.254 e. The zero-order valence-electron chi connectivity index (χ0n) is 3.01. The van der Waals surface area contributed by atoms with Gasteiger partial charge in [-0.3, -0.25) is 0 Å². The first-order chi connectivity index (χ1) is 2.89. The van der Waals surface area contributed by atoms with Gasteiger partial charge in [-0.15, -0.1) is 0 Å². The number of nitrogens with one attached hydrogen (secondary N) is 2. The van der Waals surface area contributed by atoms with Crippen LogP contribution in [0.5, 0.6) is 0 Å². The zero-order valence-corrected chi connectivity index (χ0v) is 3.01. The molecule has 32 valence electrons. The quantitative estimate of drug-likeness (QED) is 0.401. The van der Waals surface area contributed by atoms with Crippen molar-refractivity contribution in [3.05, 3.63) is 17.3 Å². The highest BCUT2D eigenvalue weighted by atomic mass is 16.3. The van der Waals surface area contributed by atoms with Crippen LogP contribution in [0.25, 0.3) is 0 Å². The Morgan fingerprint density at radius 2 is 1.83 bits per heavy atom. The zero-order chi connectivity index (χ0) is 4.41. The second kappa shape index (κ2) is 0.965. The molecule has 1 aromatic rings. The first kappa shape index (κ1) is 3.14. The third-order valence-corrected chi connectivity index (χ3v) is 0.467. The second-order valence-electron chi connectivity index (χ2n) is 0.886. The number of aromatic amines is 2. The smallest absolute Gasteiger partial charge is 0.0959 e. The van der Waals surface area contributed by atoms with E-state index in [9.17, 15) is 4.91 Å². The topological polar surface area (TPSA) is 54.6 Å². The minimum Gasteiger partial charge on any atom is -0.0959 e. The molecule has 0 aromatic carbocycles. The molecule has 0 spiro atoms. The van der Waals surface area contributed by atoms with Gasteiger partial charge < -0.3 is 0 Å². The van der Waals surface area contributed by atoms with E-state index in [-0.39, 0.29) is 0 Å². The molecule has 4 nitrogen and oxygen atoms in total. The first-order valence-electron chi connectivity index (χ1n) is 1.54. The Balaban J connectivity index is 3.41. The number of aromatic nitrogens is 3. The van der Waals surface area contributed by atoms with Gasteiger partial charge in [-0.1, -0.05) is 10.2 Å². The minimum absolute atomic E-state index is 0.500. The predicted molar refractivity (Wildman–Crippen MR) is 18.5 cm³/mol. The van der Waals surface area contributed by atoms with Crippen LogP contribution in [0.1, 0.15) is 0 Å². The van der Waals surface area contributed by atoms with Gasteiger partial charge in [0.05, 0.1) is 17.3 Å². The maximum absolute atomic E-state index is 9.88. The molecular formula is C2H4N3O+. The van der Waals surface area contributed by atoms with Crippen molar-refractivity contribution >= 4 is 0 Å². The van der Waals surface area contributed by atoms with Crippen LogP contribution in [-0.2, 0) is 0 Å². The van der Waals surface area contributed by atoms with E-state index < -0.39 is 0 Å². The van der Waals surface area contributed by atoms with E-state index in [1.54, 1.807) is 0 Å². The number of H-pyrrole nitrogens is 2. The van der Waals surface area contributed by atoms with E-state index in [2.05, 4.69) is 10.2 Å². The summed E-state index contributed by atoms with van der Waals surface area (Å²) < 4.78 is 0.500. The number of rotatable bonds is 0. The second-order valence-corrected chi connectivity index (χ2v) is 0.886. The van der Waals surface area contributed by atoms with Crippen LogP contribution in [0.2, 0.25) is 0 Å². The molecule has 1 heterocycles. The summed E-state index contributed by atoms with van der Waals surface area (Å²) in [7, 11) is 0. The molecule has 4 heteroatoms. The molecule has 0 aliphatic carbocycles. The number of nitrogens with zero attached hydrogens (tertiary/aromatic N) is 1. The first-order valence-corrected chi connectivity index (χ1v) is 1.54. The monoisotopic (exact) mass is 86.0 g/mol. The SMILES string of the molecule is O=[n+]1[nH]cc[nH]1. The van der Waals surface area contributed by atoms with Crippen LogP contribution in [0, 0.1) is 4.91 Å². The van der Waals surface area contributed by atoms with Crippen LogP contribution in [0.3, 0.4) is 0 Å². The molecule has 0 radical (unpaired) electrons.